The molecular weight excluding hydrogens is 276 g/mol. The third kappa shape index (κ3) is 3.35. The zero-order valence-electron chi connectivity index (χ0n) is 12.2. The third-order valence-electron chi connectivity index (χ3n) is 4.31. The molecule has 112 valence electrons. The van der Waals surface area contributed by atoms with Gasteiger partial charge in [0.05, 0.1) is 5.56 Å². The first-order valence-electron chi connectivity index (χ1n) is 7.54. The Morgan fingerprint density at radius 2 is 1.90 bits per heavy atom. The maximum atomic E-state index is 12.4. The molecule has 0 aromatic carbocycles. The predicted molar refractivity (Wildman–Crippen MR) is 81.4 cm³/mol. The number of nitrogens with zero attached hydrogens (tertiary/aromatic N) is 1. The van der Waals surface area contributed by atoms with Gasteiger partial charge in [-0.3, -0.25) is 14.3 Å². The van der Waals surface area contributed by atoms with Gasteiger partial charge in [-0.1, -0.05) is 44.7 Å². The van der Waals surface area contributed by atoms with E-state index in [2.05, 4.69) is 11.9 Å². The van der Waals surface area contributed by atoms with E-state index < -0.39 is 0 Å². The Morgan fingerprint density at radius 3 is 2.50 bits per heavy atom. The summed E-state index contributed by atoms with van der Waals surface area (Å²) in [6.07, 6.45) is 6.01. The minimum atomic E-state index is -0.376. The molecule has 0 radical (unpaired) electrons. The molecule has 0 amide bonds. The Bertz CT molecular complexity index is 568. The van der Waals surface area contributed by atoms with Crippen LogP contribution >= 0.6 is 11.6 Å². The van der Waals surface area contributed by atoms with Crippen LogP contribution in [0.25, 0.3) is 0 Å². The second-order valence-corrected chi connectivity index (χ2v) is 6.39. The average molecular weight is 299 g/mol. The van der Waals surface area contributed by atoms with Crippen molar-refractivity contribution >= 4 is 11.6 Å². The quantitative estimate of drug-likeness (QED) is 0.869. The third-order valence-corrected chi connectivity index (χ3v) is 4.63. The Balaban J connectivity index is 2.25. The summed E-state index contributed by atoms with van der Waals surface area (Å²) >= 11 is 5.98. The van der Waals surface area contributed by atoms with Crippen molar-refractivity contribution in [3.05, 3.63) is 31.6 Å². The maximum Gasteiger partial charge on any atom is 0.329 e. The largest absolute Gasteiger partial charge is 0.329 e. The normalized spacial score (nSPS) is 22.9. The maximum absolute atomic E-state index is 12.4. The van der Waals surface area contributed by atoms with E-state index in [4.69, 9.17) is 11.6 Å². The molecule has 2 rings (SSSR count). The standard InChI is InChI=1S/C15H23ClN2O2/c1-3-4-12-13(16)17-15(20)18(14(12)19)9-11-7-5-10(2)6-8-11/h10-11H,3-9H2,1-2H3,(H,17,20). The Morgan fingerprint density at radius 1 is 1.25 bits per heavy atom. The summed E-state index contributed by atoms with van der Waals surface area (Å²) in [6, 6.07) is 0. The van der Waals surface area contributed by atoms with Crippen molar-refractivity contribution in [1.29, 1.82) is 0 Å². The summed E-state index contributed by atoms with van der Waals surface area (Å²) in [5, 5.41) is 0.204. The van der Waals surface area contributed by atoms with Crippen molar-refractivity contribution in [2.45, 2.75) is 58.9 Å². The molecule has 1 fully saturated rings. The predicted octanol–water partition coefficient (Wildman–Crippen LogP) is 2.97. The lowest BCUT2D eigenvalue weighted by Gasteiger charge is -2.26. The second-order valence-electron chi connectivity index (χ2n) is 6.01. The molecule has 1 N–H and O–H groups in total. The number of nitrogens with one attached hydrogen (secondary N) is 1. The number of aromatic nitrogens is 2. The first-order valence-corrected chi connectivity index (χ1v) is 7.92. The molecule has 0 saturated heterocycles. The van der Waals surface area contributed by atoms with E-state index in [9.17, 15) is 9.59 Å². The fraction of sp³-hybridized carbons (Fsp3) is 0.733. The van der Waals surface area contributed by atoms with Crippen molar-refractivity contribution in [3.8, 4) is 0 Å². The molecule has 0 unspecified atom stereocenters. The molecule has 5 heteroatoms. The van der Waals surface area contributed by atoms with E-state index >= 15 is 0 Å². The second kappa shape index (κ2) is 6.61. The molecule has 0 bridgehead atoms. The Kier molecular flexibility index (Phi) is 5.08. The van der Waals surface area contributed by atoms with Crippen LogP contribution in [0.2, 0.25) is 5.15 Å². The minimum Gasteiger partial charge on any atom is -0.297 e. The smallest absolute Gasteiger partial charge is 0.297 e. The van der Waals surface area contributed by atoms with Crippen LogP contribution in [0.4, 0.5) is 0 Å². The van der Waals surface area contributed by atoms with E-state index in [0.717, 1.165) is 25.2 Å². The van der Waals surface area contributed by atoms with Gasteiger partial charge in [-0.05, 0) is 31.1 Å². The number of hydrogen-bond donors (Lipinski definition) is 1. The van der Waals surface area contributed by atoms with Gasteiger partial charge in [0.25, 0.3) is 5.56 Å². The van der Waals surface area contributed by atoms with Crippen molar-refractivity contribution in [1.82, 2.24) is 9.55 Å². The highest BCUT2D eigenvalue weighted by atomic mass is 35.5. The van der Waals surface area contributed by atoms with Gasteiger partial charge in [-0.15, -0.1) is 0 Å². The molecule has 1 aromatic rings. The van der Waals surface area contributed by atoms with Crippen molar-refractivity contribution in [2.75, 3.05) is 0 Å². The monoisotopic (exact) mass is 298 g/mol. The molecule has 20 heavy (non-hydrogen) atoms. The molecule has 1 aliphatic carbocycles. The summed E-state index contributed by atoms with van der Waals surface area (Å²) < 4.78 is 1.34. The summed E-state index contributed by atoms with van der Waals surface area (Å²) in [5.41, 5.74) is -0.0457. The van der Waals surface area contributed by atoms with Crippen LogP contribution in [0, 0.1) is 11.8 Å². The molecule has 0 spiro atoms. The van der Waals surface area contributed by atoms with E-state index in [1.807, 2.05) is 6.92 Å². The number of hydrogen-bond acceptors (Lipinski definition) is 2. The average Bonchev–Trinajstić information content (AvgIpc) is 2.41. The zero-order valence-corrected chi connectivity index (χ0v) is 13.0. The van der Waals surface area contributed by atoms with Gasteiger partial charge in [0.1, 0.15) is 5.15 Å². The number of aromatic amines is 1. The van der Waals surface area contributed by atoms with Crippen LogP contribution in [0.5, 0.6) is 0 Å². The highest BCUT2D eigenvalue weighted by Crippen LogP contribution is 2.28. The van der Waals surface area contributed by atoms with Crippen LogP contribution in [0.3, 0.4) is 0 Å². The number of H-pyrrole nitrogens is 1. The Labute approximate surface area is 124 Å². The summed E-state index contributed by atoms with van der Waals surface area (Å²) in [4.78, 5) is 27.0. The SMILES string of the molecule is CCCc1c(Cl)[nH]c(=O)n(CC2CCC(C)CC2)c1=O. The van der Waals surface area contributed by atoms with E-state index in [0.29, 0.717) is 24.4 Å². The van der Waals surface area contributed by atoms with Crippen molar-refractivity contribution in [3.63, 3.8) is 0 Å². The Hall–Kier alpha value is -1.03. The lowest BCUT2D eigenvalue weighted by molar-refractivity contribution is 0.260. The van der Waals surface area contributed by atoms with Crippen LogP contribution in [0.1, 0.15) is 51.5 Å². The molecule has 0 aliphatic heterocycles. The van der Waals surface area contributed by atoms with Gasteiger partial charge in [0.15, 0.2) is 0 Å². The number of rotatable bonds is 4. The first-order chi connectivity index (χ1) is 9.52. The van der Waals surface area contributed by atoms with Crippen LogP contribution in [-0.4, -0.2) is 9.55 Å². The summed E-state index contributed by atoms with van der Waals surface area (Å²) in [5.74, 6) is 1.20. The lowest BCUT2D eigenvalue weighted by Crippen LogP contribution is -2.39. The van der Waals surface area contributed by atoms with Crippen molar-refractivity contribution < 1.29 is 0 Å². The molecule has 1 aromatic heterocycles. The fourth-order valence-electron chi connectivity index (χ4n) is 2.99. The van der Waals surface area contributed by atoms with E-state index in [-0.39, 0.29) is 16.4 Å². The first kappa shape index (κ1) is 15.4. The molecule has 0 atom stereocenters. The van der Waals surface area contributed by atoms with Gasteiger partial charge in [-0.25, -0.2) is 4.79 Å². The van der Waals surface area contributed by atoms with Gasteiger partial charge in [-0.2, -0.15) is 0 Å². The van der Waals surface area contributed by atoms with Gasteiger partial charge in [0, 0.05) is 6.54 Å². The van der Waals surface area contributed by atoms with Crippen LogP contribution in [-0.2, 0) is 13.0 Å². The molecule has 1 heterocycles. The van der Waals surface area contributed by atoms with E-state index in [1.54, 1.807) is 0 Å². The number of halogens is 1. The van der Waals surface area contributed by atoms with Gasteiger partial charge >= 0.3 is 5.69 Å². The van der Waals surface area contributed by atoms with Crippen LogP contribution < -0.4 is 11.2 Å². The molecular formula is C15H23ClN2O2. The van der Waals surface area contributed by atoms with Gasteiger partial charge < -0.3 is 0 Å². The fourth-order valence-corrected chi connectivity index (χ4v) is 3.24. The molecule has 1 saturated carbocycles. The van der Waals surface area contributed by atoms with Gasteiger partial charge in [0.2, 0.25) is 0 Å². The van der Waals surface area contributed by atoms with Crippen molar-refractivity contribution in [2.24, 2.45) is 11.8 Å². The summed E-state index contributed by atoms with van der Waals surface area (Å²) in [7, 11) is 0. The zero-order chi connectivity index (χ0) is 14.7. The highest BCUT2D eigenvalue weighted by Gasteiger charge is 2.21. The topological polar surface area (TPSA) is 54.9 Å². The highest BCUT2D eigenvalue weighted by molar-refractivity contribution is 6.30. The van der Waals surface area contributed by atoms with E-state index in [1.165, 1.54) is 17.4 Å². The minimum absolute atomic E-state index is 0.204. The van der Waals surface area contributed by atoms with Crippen LogP contribution in [0.15, 0.2) is 9.59 Å². The lowest BCUT2D eigenvalue weighted by atomic mass is 9.83. The summed E-state index contributed by atoms with van der Waals surface area (Å²) in [6.45, 7) is 4.78. The molecule has 4 nitrogen and oxygen atoms in total. The molecule has 1 aliphatic rings.